The molecule has 0 bridgehead atoms. The fraction of sp³-hybridized carbons (Fsp3) is 0.333. The number of benzene rings is 2. The van der Waals surface area contributed by atoms with Gasteiger partial charge in [0.1, 0.15) is 0 Å². The van der Waals surface area contributed by atoms with E-state index in [2.05, 4.69) is 31.9 Å². The summed E-state index contributed by atoms with van der Waals surface area (Å²) in [7, 11) is 1.45. The fourth-order valence-corrected chi connectivity index (χ4v) is 4.75. The van der Waals surface area contributed by atoms with Crippen LogP contribution >= 0.6 is 31.9 Å². The first-order chi connectivity index (χ1) is 14.0. The predicted octanol–water partition coefficient (Wildman–Crippen LogP) is 3.97. The van der Waals surface area contributed by atoms with Gasteiger partial charge in [0, 0.05) is 12.4 Å². The maximum Gasteiger partial charge on any atom is 0.338 e. The third-order valence-electron chi connectivity index (χ3n) is 4.46. The first kappa shape index (κ1) is 22.0. The number of rotatable bonds is 6. The van der Waals surface area contributed by atoms with Crippen molar-refractivity contribution in [3.05, 3.63) is 71.8 Å². The van der Waals surface area contributed by atoms with E-state index in [4.69, 9.17) is 18.9 Å². The summed E-state index contributed by atoms with van der Waals surface area (Å²) in [6, 6.07) is 17.2. The Morgan fingerprint density at radius 1 is 0.897 bits per heavy atom. The molecule has 0 spiro atoms. The predicted molar refractivity (Wildman–Crippen MR) is 113 cm³/mol. The molecule has 1 aliphatic heterocycles. The van der Waals surface area contributed by atoms with Gasteiger partial charge < -0.3 is 18.9 Å². The van der Waals surface area contributed by atoms with Crippen LogP contribution in [0.25, 0.3) is 0 Å². The largest absolute Gasteiger partial charge is 0.453 e. The molecule has 5 unspecified atom stereocenters. The molecule has 0 aliphatic carbocycles. The lowest BCUT2D eigenvalue weighted by Gasteiger charge is -2.42. The Balaban J connectivity index is 1.85. The lowest BCUT2D eigenvalue weighted by molar-refractivity contribution is -0.248. The van der Waals surface area contributed by atoms with E-state index in [1.165, 1.54) is 7.11 Å². The molecule has 1 aliphatic rings. The van der Waals surface area contributed by atoms with Gasteiger partial charge in [-0.15, -0.1) is 0 Å². The van der Waals surface area contributed by atoms with Crippen LogP contribution in [0, 0.1) is 0 Å². The summed E-state index contributed by atoms with van der Waals surface area (Å²) in [5.74, 6) is -1.08. The van der Waals surface area contributed by atoms with Gasteiger partial charge in [-0.3, -0.25) is 0 Å². The van der Waals surface area contributed by atoms with E-state index >= 15 is 0 Å². The first-order valence-electron chi connectivity index (χ1n) is 8.95. The van der Waals surface area contributed by atoms with Crippen LogP contribution in [-0.4, -0.2) is 53.8 Å². The van der Waals surface area contributed by atoms with Crippen molar-refractivity contribution in [1.29, 1.82) is 0 Å². The number of carbonyl (C=O) groups excluding carboxylic acids is 2. The smallest absolute Gasteiger partial charge is 0.338 e. The lowest BCUT2D eigenvalue weighted by atomic mass is 10.0. The average molecular weight is 528 g/mol. The SMILES string of the molecule is COC1OC(CBr)C(Br)C(OC(=O)c2ccccc2)C1OC(=O)c1ccccc1. The van der Waals surface area contributed by atoms with Crippen molar-refractivity contribution < 1.29 is 28.5 Å². The molecular weight excluding hydrogens is 508 g/mol. The van der Waals surface area contributed by atoms with Gasteiger partial charge in [0.15, 0.2) is 18.5 Å². The summed E-state index contributed by atoms with van der Waals surface area (Å²) < 4.78 is 22.7. The van der Waals surface area contributed by atoms with E-state index < -0.39 is 35.3 Å². The molecule has 2 aromatic carbocycles. The highest BCUT2D eigenvalue weighted by atomic mass is 79.9. The fourth-order valence-electron chi connectivity index (χ4n) is 2.97. The zero-order valence-electron chi connectivity index (χ0n) is 15.6. The molecule has 154 valence electrons. The molecule has 1 fully saturated rings. The Morgan fingerprint density at radius 2 is 1.38 bits per heavy atom. The number of alkyl halides is 2. The van der Waals surface area contributed by atoms with E-state index in [-0.39, 0.29) is 6.10 Å². The highest BCUT2D eigenvalue weighted by molar-refractivity contribution is 9.10. The van der Waals surface area contributed by atoms with Gasteiger partial charge in [-0.05, 0) is 24.3 Å². The molecule has 29 heavy (non-hydrogen) atoms. The summed E-state index contributed by atoms with van der Waals surface area (Å²) in [4.78, 5) is 24.9. The Morgan fingerprint density at radius 3 is 1.83 bits per heavy atom. The number of ether oxygens (including phenoxy) is 4. The lowest BCUT2D eigenvalue weighted by Crippen LogP contribution is -2.59. The van der Waals surface area contributed by atoms with Gasteiger partial charge in [-0.1, -0.05) is 68.3 Å². The van der Waals surface area contributed by atoms with Gasteiger partial charge in [-0.25, -0.2) is 9.59 Å². The van der Waals surface area contributed by atoms with E-state index in [9.17, 15) is 9.59 Å². The number of hydrogen-bond donors (Lipinski definition) is 0. The molecule has 0 amide bonds. The summed E-state index contributed by atoms with van der Waals surface area (Å²) in [5.41, 5.74) is 0.778. The number of carbonyl (C=O) groups is 2. The van der Waals surface area contributed by atoms with Gasteiger partial charge in [0.2, 0.25) is 0 Å². The van der Waals surface area contributed by atoms with Crippen LogP contribution in [0.1, 0.15) is 20.7 Å². The maximum absolute atomic E-state index is 12.7. The highest BCUT2D eigenvalue weighted by Gasteiger charge is 2.49. The minimum Gasteiger partial charge on any atom is -0.453 e. The minimum absolute atomic E-state index is 0.361. The molecule has 0 aromatic heterocycles. The maximum atomic E-state index is 12.7. The van der Waals surface area contributed by atoms with E-state index in [0.717, 1.165) is 0 Å². The van der Waals surface area contributed by atoms with Crippen LogP contribution in [0.15, 0.2) is 60.7 Å². The van der Waals surface area contributed by atoms with Gasteiger partial charge in [0.25, 0.3) is 0 Å². The summed E-state index contributed by atoms with van der Waals surface area (Å²) in [6.07, 6.45) is -3.04. The van der Waals surface area contributed by atoms with Crippen molar-refractivity contribution in [3.63, 3.8) is 0 Å². The van der Waals surface area contributed by atoms with E-state index in [0.29, 0.717) is 16.5 Å². The van der Waals surface area contributed by atoms with Crippen molar-refractivity contribution in [2.24, 2.45) is 0 Å². The first-order valence-corrected chi connectivity index (χ1v) is 11.0. The van der Waals surface area contributed by atoms with Crippen LogP contribution in [-0.2, 0) is 18.9 Å². The van der Waals surface area contributed by atoms with Gasteiger partial charge in [0.05, 0.1) is 22.1 Å². The molecule has 5 atom stereocenters. The molecule has 0 saturated carbocycles. The Hall–Kier alpha value is -1.74. The van der Waals surface area contributed by atoms with Crippen LogP contribution in [0.2, 0.25) is 0 Å². The second-order valence-electron chi connectivity index (χ2n) is 6.35. The van der Waals surface area contributed by atoms with Crippen molar-refractivity contribution in [2.45, 2.75) is 29.4 Å². The topological polar surface area (TPSA) is 71.1 Å². The molecule has 0 radical (unpaired) electrons. The van der Waals surface area contributed by atoms with Crippen LogP contribution < -0.4 is 0 Å². The third kappa shape index (κ3) is 5.25. The number of halogens is 2. The quantitative estimate of drug-likeness (QED) is 0.418. The highest BCUT2D eigenvalue weighted by Crippen LogP contribution is 2.33. The molecule has 8 heteroatoms. The van der Waals surface area contributed by atoms with Crippen molar-refractivity contribution in [3.8, 4) is 0 Å². The summed E-state index contributed by atoms with van der Waals surface area (Å²) in [6.45, 7) is 0. The van der Waals surface area contributed by atoms with Crippen molar-refractivity contribution in [2.75, 3.05) is 12.4 Å². The number of hydrogen-bond acceptors (Lipinski definition) is 6. The molecule has 0 N–H and O–H groups in total. The summed E-state index contributed by atoms with van der Waals surface area (Å²) >= 11 is 6.94. The van der Waals surface area contributed by atoms with Crippen molar-refractivity contribution in [1.82, 2.24) is 0 Å². The average Bonchev–Trinajstić information content (AvgIpc) is 2.77. The Kier molecular flexibility index (Phi) is 7.83. The second-order valence-corrected chi connectivity index (χ2v) is 8.05. The molecule has 1 heterocycles. The minimum atomic E-state index is -0.958. The van der Waals surface area contributed by atoms with Gasteiger partial charge in [-0.2, -0.15) is 0 Å². The van der Waals surface area contributed by atoms with Crippen molar-refractivity contribution >= 4 is 43.8 Å². The Labute approximate surface area is 185 Å². The van der Waals surface area contributed by atoms with Crippen LogP contribution in [0.3, 0.4) is 0 Å². The van der Waals surface area contributed by atoms with Crippen LogP contribution in [0.4, 0.5) is 0 Å². The second kappa shape index (κ2) is 10.3. The number of esters is 2. The molecule has 2 aromatic rings. The zero-order chi connectivity index (χ0) is 20.8. The van der Waals surface area contributed by atoms with E-state index in [1.54, 1.807) is 54.6 Å². The molecule has 6 nitrogen and oxygen atoms in total. The molecule has 1 saturated heterocycles. The standard InChI is InChI=1S/C21H20Br2O6/c1-26-21-18(29-20(25)14-10-6-3-7-11-14)17(16(23)15(12-22)27-21)28-19(24)13-8-4-2-5-9-13/h2-11,15-18,21H,12H2,1H3. The van der Waals surface area contributed by atoms with Crippen LogP contribution in [0.5, 0.6) is 0 Å². The molecular formula is C21H20Br2O6. The zero-order valence-corrected chi connectivity index (χ0v) is 18.7. The van der Waals surface area contributed by atoms with E-state index in [1.807, 2.05) is 6.07 Å². The van der Waals surface area contributed by atoms with Gasteiger partial charge >= 0.3 is 11.9 Å². The monoisotopic (exact) mass is 526 g/mol. The number of methoxy groups -OCH3 is 1. The third-order valence-corrected chi connectivity index (χ3v) is 6.21. The Bertz CT molecular complexity index is 816. The molecule has 3 rings (SSSR count). The normalized spacial score (nSPS) is 26.5. The summed E-state index contributed by atoms with van der Waals surface area (Å²) in [5, 5.41) is 0.474.